The summed E-state index contributed by atoms with van der Waals surface area (Å²) in [5.41, 5.74) is 9.63. The first-order valence-electron chi connectivity index (χ1n) is 8.92. The van der Waals surface area contributed by atoms with Crippen molar-refractivity contribution in [3.05, 3.63) is 59.7 Å². The number of anilines is 1. The summed E-state index contributed by atoms with van der Waals surface area (Å²) in [5.74, 6) is -0.113. The fraction of sp³-hybridized carbons (Fsp3) is 0.250. The number of carbonyl (C=O) groups excluding carboxylic acids is 1. The van der Waals surface area contributed by atoms with Crippen LogP contribution in [-0.4, -0.2) is 40.7 Å². The molecule has 7 heteroatoms. The average molecular weight is 365 g/mol. The van der Waals surface area contributed by atoms with E-state index in [0.717, 1.165) is 32.4 Å². The van der Waals surface area contributed by atoms with Crippen LogP contribution in [0.5, 0.6) is 0 Å². The maximum atomic E-state index is 12.7. The Morgan fingerprint density at radius 1 is 1.11 bits per heavy atom. The Labute approximate surface area is 158 Å². The maximum Gasteiger partial charge on any atom is 0.253 e. The topological polar surface area (TPSA) is 115 Å². The van der Waals surface area contributed by atoms with Crippen LogP contribution in [0.3, 0.4) is 0 Å². The smallest absolute Gasteiger partial charge is 0.253 e. The Hall–Kier alpha value is -3.19. The number of nitrogens with zero attached hydrogens (tertiary/aromatic N) is 2. The lowest BCUT2D eigenvalue weighted by molar-refractivity contribution is 0.0724. The number of likely N-dealkylation sites (tertiary alicyclic amines) is 1. The lowest BCUT2D eigenvalue weighted by Gasteiger charge is -2.27. The van der Waals surface area contributed by atoms with Crippen LogP contribution in [0.2, 0.25) is 0 Å². The molecular weight excluding hydrogens is 342 g/mol. The van der Waals surface area contributed by atoms with Gasteiger partial charge in [0.05, 0.1) is 5.69 Å². The Morgan fingerprint density at radius 3 is 2.48 bits per heavy atom. The van der Waals surface area contributed by atoms with Crippen LogP contribution in [0.25, 0.3) is 0 Å². The second kappa shape index (κ2) is 8.46. The Balaban J connectivity index is 1.89. The molecule has 0 spiro atoms. The molecule has 2 aromatic carbocycles. The largest absolute Gasteiger partial charge is 0.398 e. The van der Waals surface area contributed by atoms with Gasteiger partial charge in [0.15, 0.2) is 5.84 Å². The van der Waals surface area contributed by atoms with Crippen molar-refractivity contribution >= 4 is 28.8 Å². The number of hydrogen-bond acceptors (Lipinski definition) is 5. The number of para-hydroxylation sites is 1. The molecule has 0 unspecified atom stereocenters. The molecule has 1 aliphatic rings. The van der Waals surface area contributed by atoms with Crippen LogP contribution in [0.4, 0.5) is 11.4 Å². The molecule has 3 rings (SSSR count). The molecule has 1 saturated heterocycles. The summed E-state index contributed by atoms with van der Waals surface area (Å²) in [4.78, 5) is 18.8. The highest BCUT2D eigenvalue weighted by molar-refractivity contribution is 6.47. The van der Waals surface area contributed by atoms with Gasteiger partial charge in [-0.2, -0.15) is 0 Å². The first-order chi connectivity index (χ1) is 13.1. The highest BCUT2D eigenvalue weighted by Crippen LogP contribution is 2.20. The predicted octanol–water partition coefficient (Wildman–Crippen LogP) is 2.97. The molecule has 0 aliphatic carbocycles. The first-order valence-corrected chi connectivity index (χ1v) is 8.92. The second-order valence-corrected chi connectivity index (χ2v) is 6.44. The van der Waals surface area contributed by atoms with Gasteiger partial charge in [0.25, 0.3) is 5.91 Å². The van der Waals surface area contributed by atoms with E-state index in [2.05, 4.69) is 4.99 Å². The zero-order chi connectivity index (χ0) is 19.2. The molecule has 140 valence electrons. The minimum absolute atomic E-state index is 0.0459. The third-order valence-electron chi connectivity index (χ3n) is 4.55. The number of hydrogen-bond donors (Lipinski definition) is 4. The van der Waals surface area contributed by atoms with Gasteiger partial charge in [-0.1, -0.05) is 18.2 Å². The zero-order valence-electron chi connectivity index (χ0n) is 15.0. The molecule has 1 fully saturated rings. The number of amidine groups is 1. The Morgan fingerprint density at radius 2 is 1.81 bits per heavy atom. The predicted molar refractivity (Wildman–Crippen MR) is 106 cm³/mol. The molecule has 2 aromatic rings. The summed E-state index contributed by atoms with van der Waals surface area (Å²) in [6, 6.07) is 13.8. The number of piperidine rings is 1. The van der Waals surface area contributed by atoms with E-state index in [-0.39, 0.29) is 17.5 Å². The summed E-state index contributed by atoms with van der Waals surface area (Å²) < 4.78 is 0. The lowest BCUT2D eigenvalue weighted by Crippen LogP contribution is -2.36. The molecule has 0 radical (unpaired) electrons. The van der Waals surface area contributed by atoms with E-state index in [1.165, 1.54) is 0 Å². The van der Waals surface area contributed by atoms with Gasteiger partial charge in [-0.3, -0.25) is 20.9 Å². The van der Waals surface area contributed by atoms with Crippen LogP contribution >= 0.6 is 0 Å². The summed E-state index contributed by atoms with van der Waals surface area (Å²) in [5, 5.41) is 17.9. The van der Waals surface area contributed by atoms with Gasteiger partial charge >= 0.3 is 0 Å². The molecular formula is C20H23N5O2. The number of aliphatic imine (C=N–C) groups is 1. The van der Waals surface area contributed by atoms with Crippen molar-refractivity contribution < 1.29 is 10.0 Å². The number of nitrogen functional groups attached to an aromatic ring is 1. The van der Waals surface area contributed by atoms with Crippen molar-refractivity contribution in [1.29, 1.82) is 5.41 Å². The fourth-order valence-corrected chi connectivity index (χ4v) is 3.08. The molecule has 0 saturated carbocycles. The van der Waals surface area contributed by atoms with Gasteiger partial charge in [-0.15, -0.1) is 0 Å². The molecule has 0 bridgehead atoms. The van der Waals surface area contributed by atoms with Gasteiger partial charge < -0.3 is 10.6 Å². The van der Waals surface area contributed by atoms with Crippen molar-refractivity contribution in [2.45, 2.75) is 19.3 Å². The number of rotatable bonds is 4. The van der Waals surface area contributed by atoms with Crippen LogP contribution in [-0.2, 0) is 0 Å². The van der Waals surface area contributed by atoms with Gasteiger partial charge in [0.2, 0.25) is 0 Å². The van der Waals surface area contributed by atoms with E-state index in [0.29, 0.717) is 22.5 Å². The number of nitrogens with two attached hydrogens (primary N) is 1. The molecule has 0 aromatic heterocycles. The van der Waals surface area contributed by atoms with E-state index in [1.807, 2.05) is 28.6 Å². The van der Waals surface area contributed by atoms with E-state index in [1.54, 1.807) is 30.3 Å². The first kappa shape index (κ1) is 18.6. The standard InChI is InChI=1S/C20H23N5O2/c21-17-10-9-14(20(26)25-11-5-2-6-12-25)13-16(17)18(22)19(24-27)23-15-7-3-1-4-8-15/h1,3-4,7-10,13,22,27H,2,5-6,11-12,21H2,(H,23,24). The van der Waals surface area contributed by atoms with Gasteiger partial charge in [0.1, 0.15) is 5.71 Å². The molecule has 1 amide bonds. The van der Waals surface area contributed by atoms with Crippen molar-refractivity contribution in [1.82, 2.24) is 10.4 Å². The average Bonchev–Trinajstić information content (AvgIpc) is 2.73. The van der Waals surface area contributed by atoms with Crippen LogP contribution in [0.1, 0.15) is 35.2 Å². The van der Waals surface area contributed by atoms with Gasteiger partial charge in [0, 0.05) is 29.9 Å². The molecule has 1 heterocycles. The van der Waals surface area contributed by atoms with Crippen molar-refractivity contribution in [3.8, 4) is 0 Å². The quantitative estimate of drug-likeness (QED) is 0.288. The van der Waals surface area contributed by atoms with E-state index in [4.69, 9.17) is 11.1 Å². The van der Waals surface area contributed by atoms with Crippen LogP contribution in [0, 0.1) is 5.41 Å². The maximum absolute atomic E-state index is 12.7. The van der Waals surface area contributed by atoms with Crippen molar-refractivity contribution in [2.24, 2.45) is 4.99 Å². The number of nitrogens with one attached hydrogen (secondary N) is 2. The monoisotopic (exact) mass is 365 g/mol. The Bertz CT molecular complexity index is 858. The molecule has 1 aliphatic heterocycles. The zero-order valence-corrected chi connectivity index (χ0v) is 15.0. The molecule has 27 heavy (non-hydrogen) atoms. The summed E-state index contributed by atoms with van der Waals surface area (Å²) >= 11 is 0. The minimum atomic E-state index is -0.0906. The van der Waals surface area contributed by atoms with Crippen molar-refractivity contribution in [3.63, 3.8) is 0 Å². The number of hydroxylamine groups is 1. The van der Waals surface area contributed by atoms with E-state index >= 15 is 0 Å². The van der Waals surface area contributed by atoms with E-state index < -0.39 is 0 Å². The summed E-state index contributed by atoms with van der Waals surface area (Å²) in [7, 11) is 0. The summed E-state index contributed by atoms with van der Waals surface area (Å²) in [6.45, 7) is 1.49. The minimum Gasteiger partial charge on any atom is -0.398 e. The Kier molecular flexibility index (Phi) is 5.83. The lowest BCUT2D eigenvalue weighted by atomic mass is 10.0. The number of benzene rings is 2. The molecule has 5 N–H and O–H groups in total. The fourth-order valence-electron chi connectivity index (χ4n) is 3.08. The highest BCUT2D eigenvalue weighted by Gasteiger charge is 2.21. The van der Waals surface area contributed by atoms with E-state index in [9.17, 15) is 10.0 Å². The number of carbonyl (C=O) groups is 1. The third kappa shape index (κ3) is 4.32. The van der Waals surface area contributed by atoms with Crippen molar-refractivity contribution in [2.75, 3.05) is 18.8 Å². The highest BCUT2D eigenvalue weighted by atomic mass is 16.5. The normalized spacial score (nSPS) is 14.7. The number of amides is 1. The second-order valence-electron chi connectivity index (χ2n) is 6.44. The van der Waals surface area contributed by atoms with Gasteiger partial charge in [-0.25, -0.2) is 4.99 Å². The van der Waals surface area contributed by atoms with Gasteiger partial charge in [-0.05, 0) is 49.6 Å². The molecule has 0 atom stereocenters. The third-order valence-corrected chi connectivity index (χ3v) is 4.55. The molecule has 7 nitrogen and oxygen atoms in total. The van der Waals surface area contributed by atoms with Crippen LogP contribution in [0.15, 0.2) is 53.5 Å². The SMILES string of the molecule is N=C(C(=Nc1ccccc1)NO)c1cc(C(=O)N2CCCCC2)ccc1N. The van der Waals surface area contributed by atoms with Crippen LogP contribution < -0.4 is 11.2 Å². The summed E-state index contributed by atoms with van der Waals surface area (Å²) in [6.07, 6.45) is 3.15.